The van der Waals surface area contributed by atoms with Crippen molar-refractivity contribution in [3.8, 4) is 0 Å². The van der Waals surface area contributed by atoms with Gasteiger partial charge < -0.3 is 10.2 Å². The Morgan fingerprint density at radius 2 is 1.97 bits per heavy atom. The second-order valence-corrected chi connectivity index (χ2v) is 7.82. The van der Waals surface area contributed by atoms with Crippen LogP contribution in [0.5, 0.6) is 0 Å². The average molecular weight is 407 g/mol. The van der Waals surface area contributed by atoms with Crippen LogP contribution in [0.15, 0.2) is 60.8 Å². The fourth-order valence-corrected chi connectivity index (χ4v) is 3.91. The molecule has 1 fully saturated rings. The molecule has 0 amide bonds. The van der Waals surface area contributed by atoms with E-state index < -0.39 is 18.3 Å². The SMILES string of the molecule is C=CCCC/C=C\C[C@@H]1C(C=CC[C@H](CCC(/C=C\C)=C/C)OF)[C@H](O)C[C@@H]1O. The van der Waals surface area contributed by atoms with Crippen molar-refractivity contribution in [3.05, 3.63) is 60.8 Å². The molecular formula is C25H39FO3. The van der Waals surface area contributed by atoms with Crippen LogP contribution in [0, 0.1) is 11.8 Å². The maximum atomic E-state index is 12.9. The molecule has 2 N–H and O–H groups in total. The van der Waals surface area contributed by atoms with Crippen LogP contribution in [0.4, 0.5) is 4.53 Å². The Bertz CT molecular complexity index is 564. The van der Waals surface area contributed by atoms with Gasteiger partial charge in [0.15, 0.2) is 0 Å². The maximum Gasteiger partial charge on any atom is 0.102 e. The van der Waals surface area contributed by atoms with Crippen molar-refractivity contribution in [1.82, 2.24) is 0 Å². The molecular weight excluding hydrogens is 367 g/mol. The number of unbranched alkanes of at least 4 members (excludes halogenated alkanes) is 2. The number of aliphatic hydroxyl groups is 2. The summed E-state index contributed by atoms with van der Waals surface area (Å²) in [7, 11) is 0. The minimum absolute atomic E-state index is 0.00836. The van der Waals surface area contributed by atoms with Gasteiger partial charge in [0.25, 0.3) is 0 Å². The summed E-state index contributed by atoms with van der Waals surface area (Å²) < 4.78 is 12.9. The molecule has 0 radical (unpaired) electrons. The van der Waals surface area contributed by atoms with E-state index in [1.807, 2.05) is 50.3 Å². The first-order valence-corrected chi connectivity index (χ1v) is 10.9. The van der Waals surface area contributed by atoms with Gasteiger partial charge in [-0.1, -0.05) is 54.2 Å². The number of aliphatic hydroxyl groups excluding tert-OH is 2. The minimum atomic E-state index is -0.561. The molecule has 0 aromatic rings. The van der Waals surface area contributed by atoms with Crippen LogP contribution in [0.3, 0.4) is 0 Å². The highest BCUT2D eigenvalue weighted by Gasteiger charge is 2.39. The van der Waals surface area contributed by atoms with Crippen LogP contribution in [-0.4, -0.2) is 28.5 Å². The van der Waals surface area contributed by atoms with Crippen LogP contribution < -0.4 is 0 Å². The second-order valence-electron chi connectivity index (χ2n) is 7.82. The Hall–Kier alpha value is -1.49. The highest BCUT2D eigenvalue weighted by Crippen LogP contribution is 2.36. The predicted molar refractivity (Wildman–Crippen MR) is 119 cm³/mol. The molecule has 0 bridgehead atoms. The Labute approximate surface area is 176 Å². The van der Waals surface area contributed by atoms with E-state index in [1.54, 1.807) is 0 Å². The van der Waals surface area contributed by atoms with Crippen molar-refractivity contribution >= 4 is 0 Å². The van der Waals surface area contributed by atoms with E-state index in [1.165, 1.54) is 0 Å². The summed E-state index contributed by atoms with van der Waals surface area (Å²) in [6.07, 6.45) is 20.4. The number of allylic oxidation sites excluding steroid dienone is 7. The Balaban J connectivity index is 2.55. The third kappa shape index (κ3) is 9.70. The maximum absolute atomic E-state index is 12.9. The van der Waals surface area contributed by atoms with Crippen LogP contribution >= 0.6 is 0 Å². The van der Waals surface area contributed by atoms with Crippen LogP contribution in [0.1, 0.15) is 65.2 Å². The fraction of sp³-hybridized carbons (Fsp3) is 0.600. The van der Waals surface area contributed by atoms with E-state index in [-0.39, 0.29) is 11.8 Å². The normalized spacial score (nSPS) is 26.9. The molecule has 5 atom stereocenters. The standard InChI is InChI=1S/C25H39FO3/c1-4-7-8-9-10-11-15-22-23(25(28)19-24(22)27)16-12-14-21(29-26)18-17-20(6-3)13-5-2/h4-6,10-13,16,21-25,27-28H,1,7-9,14-15,17-19H2,2-3H3/b11-10-,13-5-,16-12?,20-6+/t21-,22-,23?,24+,25-/m1/s1. The van der Waals surface area contributed by atoms with E-state index >= 15 is 0 Å². The van der Waals surface area contributed by atoms with Gasteiger partial charge in [0.1, 0.15) is 6.10 Å². The van der Waals surface area contributed by atoms with Gasteiger partial charge in [-0.3, -0.25) is 0 Å². The summed E-state index contributed by atoms with van der Waals surface area (Å²) in [6.45, 7) is 7.65. The number of hydrogen-bond donors (Lipinski definition) is 2. The molecule has 0 aliphatic heterocycles. The first-order chi connectivity index (χ1) is 14.1. The molecule has 0 saturated heterocycles. The third-order valence-electron chi connectivity index (χ3n) is 5.66. The van der Waals surface area contributed by atoms with Gasteiger partial charge in [-0.15, -0.1) is 6.58 Å². The number of halogens is 1. The fourth-order valence-electron chi connectivity index (χ4n) is 3.91. The summed E-state index contributed by atoms with van der Waals surface area (Å²) in [5, 5.41) is 20.6. The molecule has 3 nitrogen and oxygen atoms in total. The molecule has 1 aliphatic carbocycles. The number of rotatable bonds is 14. The molecule has 1 saturated carbocycles. The summed E-state index contributed by atoms with van der Waals surface area (Å²) in [4.78, 5) is 4.14. The molecule has 1 unspecified atom stereocenters. The first kappa shape index (κ1) is 25.5. The zero-order chi connectivity index (χ0) is 21.5. The van der Waals surface area contributed by atoms with Crippen LogP contribution in [-0.2, 0) is 4.94 Å². The second kappa shape index (κ2) is 15.4. The third-order valence-corrected chi connectivity index (χ3v) is 5.66. The molecule has 0 aromatic heterocycles. The van der Waals surface area contributed by atoms with E-state index in [0.29, 0.717) is 19.3 Å². The van der Waals surface area contributed by atoms with Crippen molar-refractivity contribution in [2.75, 3.05) is 0 Å². The van der Waals surface area contributed by atoms with Gasteiger partial charge in [0, 0.05) is 12.3 Å². The van der Waals surface area contributed by atoms with Gasteiger partial charge in [-0.05, 0) is 69.2 Å². The summed E-state index contributed by atoms with van der Waals surface area (Å²) in [6, 6.07) is 0. The Morgan fingerprint density at radius 3 is 2.62 bits per heavy atom. The summed E-state index contributed by atoms with van der Waals surface area (Å²) >= 11 is 0. The first-order valence-electron chi connectivity index (χ1n) is 10.9. The lowest BCUT2D eigenvalue weighted by Gasteiger charge is -2.19. The minimum Gasteiger partial charge on any atom is -0.393 e. The van der Waals surface area contributed by atoms with Crippen molar-refractivity contribution in [2.45, 2.75) is 83.5 Å². The highest BCUT2D eigenvalue weighted by molar-refractivity contribution is 5.17. The van der Waals surface area contributed by atoms with E-state index in [9.17, 15) is 14.7 Å². The highest BCUT2D eigenvalue weighted by atomic mass is 19.3. The lowest BCUT2D eigenvalue weighted by molar-refractivity contribution is -0.179. The lowest BCUT2D eigenvalue weighted by Crippen LogP contribution is -2.20. The number of hydrogen-bond acceptors (Lipinski definition) is 3. The Morgan fingerprint density at radius 1 is 1.17 bits per heavy atom. The molecule has 1 aliphatic rings. The topological polar surface area (TPSA) is 49.7 Å². The van der Waals surface area contributed by atoms with Gasteiger partial charge in [0.2, 0.25) is 0 Å². The van der Waals surface area contributed by atoms with E-state index in [0.717, 1.165) is 37.7 Å². The predicted octanol–water partition coefficient (Wildman–Crippen LogP) is 6.17. The quantitative estimate of drug-likeness (QED) is 0.206. The molecule has 164 valence electrons. The summed E-state index contributed by atoms with van der Waals surface area (Å²) in [5.74, 6) is -0.122. The molecule has 0 heterocycles. The van der Waals surface area contributed by atoms with Crippen molar-refractivity contribution in [3.63, 3.8) is 0 Å². The molecule has 0 spiro atoms. The Kier molecular flexibility index (Phi) is 13.5. The molecule has 0 aromatic carbocycles. The van der Waals surface area contributed by atoms with Gasteiger partial charge in [-0.2, -0.15) is 4.94 Å². The lowest BCUT2D eigenvalue weighted by atomic mass is 9.89. The van der Waals surface area contributed by atoms with Crippen LogP contribution in [0.25, 0.3) is 0 Å². The largest absolute Gasteiger partial charge is 0.393 e. The monoisotopic (exact) mass is 406 g/mol. The van der Waals surface area contributed by atoms with E-state index in [4.69, 9.17) is 0 Å². The van der Waals surface area contributed by atoms with Crippen LogP contribution in [0.2, 0.25) is 0 Å². The summed E-state index contributed by atoms with van der Waals surface area (Å²) in [5.41, 5.74) is 1.16. The van der Waals surface area contributed by atoms with Gasteiger partial charge in [0.05, 0.1) is 12.2 Å². The zero-order valence-electron chi connectivity index (χ0n) is 18.1. The molecule has 4 heteroatoms. The van der Waals surface area contributed by atoms with Gasteiger partial charge in [-0.25, -0.2) is 0 Å². The molecule has 1 rings (SSSR count). The average Bonchev–Trinajstić information content (AvgIpc) is 2.98. The smallest absolute Gasteiger partial charge is 0.102 e. The van der Waals surface area contributed by atoms with Crippen molar-refractivity contribution in [2.24, 2.45) is 11.8 Å². The van der Waals surface area contributed by atoms with Crippen molar-refractivity contribution in [1.29, 1.82) is 0 Å². The van der Waals surface area contributed by atoms with E-state index in [2.05, 4.69) is 23.7 Å². The molecule has 29 heavy (non-hydrogen) atoms. The van der Waals surface area contributed by atoms with Gasteiger partial charge >= 0.3 is 0 Å². The van der Waals surface area contributed by atoms with Crippen molar-refractivity contribution < 1.29 is 19.7 Å². The zero-order valence-corrected chi connectivity index (χ0v) is 18.1.